The molecule has 0 unspecified atom stereocenters. The number of carbonyl (C=O) groups is 2. The number of nitro groups is 1. The van der Waals surface area contributed by atoms with Crippen molar-refractivity contribution >= 4 is 44.6 Å². The van der Waals surface area contributed by atoms with Crippen LogP contribution in [0, 0.1) is 17.0 Å². The van der Waals surface area contributed by atoms with Crippen LogP contribution in [-0.2, 0) is 20.2 Å². The summed E-state index contributed by atoms with van der Waals surface area (Å²) in [7, 11) is -3.94. The Bertz CT molecular complexity index is 1480. The maximum absolute atomic E-state index is 12.8. The second kappa shape index (κ2) is 11.0. The minimum Gasteiger partial charge on any atom is -0.324 e. The van der Waals surface area contributed by atoms with Gasteiger partial charge in [0.2, 0.25) is 15.9 Å². The highest BCUT2D eigenvalue weighted by molar-refractivity contribution is 7.92. The van der Waals surface area contributed by atoms with E-state index in [-0.39, 0.29) is 22.7 Å². The number of hydrogen-bond donors (Lipinski definition) is 2. The van der Waals surface area contributed by atoms with Crippen LogP contribution in [0.5, 0.6) is 0 Å². The van der Waals surface area contributed by atoms with Crippen LogP contribution >= 0.6 is 0 Å². The van der Waals surface area contributed by atoms with Crippen molar-refractivity contribution in [3.63, 3.8) is 0 Å². The van der Waals surface area contributed by atoms with Crippen LogP contribution < -0.4 is 14.9 Å². The van der Waals surface area contributed by atoms with Gasteiger partial charge in [0.25, 0.3) is 11.6 Å². The molecule has 200 valence electrons. The standard InChI is InChI=1S/C27H30N4O6S/c1-18-9-14-23(31(34)35)16-24(18)30(38(5,36)37)17-25(32)28-21-7-6-8-22(15-21)29-26(33)19-10-12-20(13-11-19)27(2,3)4/h6-16H,17H2,1-5H3,(H,28,32)(H,29,33). The fraction of sp³-hybridized carbons (Fsp3) is 0.259. The molecule has 38 heavy (non-hydrogen) atoms. The zero-order chi connectivity index (χ0) is 28.3. The number of amides is 2. The summed E-state index contributed by atoms with van der Waals surface area (Å²) in [6.07, 6.45) is 0.919. The van der Waals surface area contributed by atoms with Crippen molar-refractivity contribution in [1.82, 2.24) is 0 Å². The second-order valence-corrected chi connectivity index (χ2v) is 11.8. The Kier molecular flexibility index (Phi) is 8.21. The van der Waals surface area contributed by atoms with Gasteiger partial charge in [-0.15, -0.1) is 0 Å². The minimum absolute atomic E-state index is 0.0374. The number of benzene rings is 3. The maximum atomic E-state index is 12.8. The summed E-state index contributed by atoms with van der Waals surface area (Å²) >= 11 is 0. The summed E-state index contributed by atoms with van der Waals surface area (Å²) in [6.45, 7) is 7.25. The third-order valence-corrected chi connectivity index (χ3v) is 6.90. The van der Waals surface area contributed by atoms with E-state index in [2.05, 4.69) is 31.4 Å². The molecule has 0 spiro atoms. The van der Waals surface area contributed by atoms with Crippen LogP contribution in [0.15, 0.2) is 66.7 Å². The summed E-state index contributed by atoms with van der Waals surface area (Å²) in [5.74, 6) is -0.985. The van der Waals surface area contributed by atoms with Gasteiger partial charge in [-0.25, -0.2) is 8.42 Å². The van der Waals surface area contributed by atoms with E-state index in [9.17, 15) is 28.1 Å². The van der Waals surface area contributed by atoms with Crippen molar-refractivity contribution in [2.45, 2.75) is 33.1 Å². The second-order valence-electron chi connectivity index (χ2n) is 9.91. The number of anilines is 3. The van der Waals surface area contributed by atoms with Gasteiger partial charge in [-0.05, 0) is 53.8 Å². The van der Waals surface area contributed by atoms with Crippen molar-refractivity contribution < 1.29 is 22.9 Å². The number of carbonyl (C=O) groups excluding carboxylic acids is 2. The monoisotopic (exact) mass is 538 g/mol. The van der Waals surface area contributed by atoms with Gasteiger partial charge in [0.15, 0.2) is 0 Å². The van der Waals surface area contributed by atoms with E-state index in [0.717, 1.165) is 22.2 Å². The van der Waals surface area contributed by atoms with E-state index >= 15 is 0 Å². The molecule has 0 aliphatic heterocycles. The number of nitro benzene ring substituents is 1. The lowest BCUT2D eigenvalue weighted by atomic mass is 9.87. The molecule has 10 nitrogen and oxygen atoms in total. The highest BCUT2D eigenvalue weighted by Crippen LogP contribution is 2.28. The number of sulfonamides is 1. The third kappa shape index (κ3) is 7.16. The normalized spacial score (nSPS) is 11.5. The first-order valence-corrected chi connectivity index (χ1v) is 13.5. The molecule has 11 heteroatoms. The Balaban J connectivity index is 1.74. The van der Waals surface area contributed by atoms with Crippen molar-refractivity contribution in [3.05, 3.63) is 93.5 Å². The van der Waals surface area contributed by atoms with Crippen LogP contribution in [0.3, 0.4) is 0 Å². The molecule has 2 N–H and O–H groups in total. The van der Waals surface area contributed by atoms with E-state index < -0.39 is 27.4 Å². The first kappa shape index (κ1) is 28.3. The zero-order valence-electron chi connectivity index (χ0n) is 21.8. The van der Waals surface area contributed by atoms with Gasteiger partial charge in [-0.3, -0.25) is 24.0 Å². The molecule has 0 aliphatic carbocycles. The van der Waals surface area contributed by atoms with Gasteiger partial charge in [-0.2, -0.15) is 0 Å². The predicted octanol–water partition coefficient (Wildman–Crippen LogP) is 4.86. The largest absolute Gasteiger partial charge is 0.324 e. The van der Waals surface area contributed by atoms with Crippen molar-refractivity contribution in [2.75, 3.05) is 27.7 Å². The molecule has 0 aromatic heterocycles. The molecular weight excluding hydrogens is 508 g/mol. The molecule has 0 heterocycles. The third-order valence-electron chi connectivity index (χ3n) is 5.78. The molecule has 3 rings (SSSR count). The summed E-state index contributed by atoms with van der Waals surface area (Å²) in [5, 5.41) is 16.6. The van der Waals surface area contributed by atoms with Crippen molar-refractivity contribution in [3.8, 4) is 0 Å². The van der Waals surface area contributed by atoms with Gasteiger partial charge >= 0.3 is 0 Å². The lowest BCUT2D eigenvalue weighted by Crippen LogP contribution is -2.37. The average molecular weight is 539 g/mol. The highest BCUT2D eigenvalue weighted by Gasteiger charge is 2.24. The molecule has 0 saturated heterocycles. The minimum atomic E-state index is -3.94. The van der Waals surface area contributed by atoms with Crippen LogP contribution in [0.25, 0.3) is 0 Å². The molecule has 0 fully saturated rings. The van der Waals surface area contributed by atoms with Crippen molar-refractivity contribution in [1.29, 1.82) is 0 Å². The van der Waals surface area contributed by atoms with E-state index in [1.165, 1.54) is 12.1 Å². The van der Waals surface area contributed by atoms with Gasteiger partial charge in [-0.1, -0.05) is 45.0 Å². The summed E-state index contributed by atoms with van der Waals surface area (Å²) in [5.41, 5.74) is 2.50. The Labute approximate surface area is 221 Å². The topological polar surface area (TPSA) is 139 Å². The molecule has 0 aliphatic rings. The molecule has 0 bridgehead atoms. The molecule has 0 atom stereocenters. The van der Waals surface area contributed by atoms with Crippen LogP contribution in [0.2, 0.25) is 0 Å². The molecular formula is C27H30N4O6S. The number of aryl methyl sites for hydroxylation is 1. The lowest BCUT2D eigenvalue weighted by Gasteiger charge is -2.23. The Morgan fingerprint density at radius 1 is 0.947 bits per heavy atom. The average Bonchev–Trinajstić information content (AvgIpc) is 2.82. The molecule has 3 aromatic carbocycles. The zero-order valence-corrected chi connectivity index (χ0v) is 22.6. The van der Waals surface area contributed by atoms with Gasteiger partial charge < -0.3 is 10.6 Å². The van der Waals surface area contributed by atoms with E-state index in [1.54, 1.807) is 43.3 Å². The lowest BCUT2D eigenvalue weighted by molar-refractivity contribution is -0.384. The van der Waals surface area contributed by atoms with Gasteiger partial charge in [0, 0.05) is 29.1 Å². The predicted molar refractivity (Wildman–Crippen MR) is 148 cm³/mol. The van der Waals surface area contributed by atoms with Crippen molar-refractivity contribution in [2.24, 2.45) is 0 Å². The molecule has 0 saturated carbocycles. The summed E-state index contributed by atoms with van der Waals surface area (Å²) < 4.78 is 25.8. The number of rotatable bonds is 8. The smallest absolute Gasteiger partial charge is 0.271 e. The summed E-state index contributed by atoms with van der Waals surface area (Å²) in [6, 6.07) is 17.5. The first-order chi connectivity index (χ1) is 17.6. The molecule has 0 radical (unpaired) electrons. The van der Waals surface area contributed by atoms with E-state index in [4.69, 9.17) is 0 Å². The first-order valence-electron chi connectivity index (χ1n) is 11.7. The number of nitrogens with zero attached hydrogens (tertiary/aromatic N) is 2. The molecule has 2 amide bonds. The number of hydrogen-bond acceptors (Lipinski definition) is 6. The Morgan fingerprint density at radius 2 is 1.55 bits per heavy atom. The number of non-ortho nitro benzene ring substituents is 1. The van der Waals surface area contributed by atoms with Crippen LogP contribution in [0.1, 0.15) is 42.3 Å². The van der Waals surface area contributed by atoms with Crippen LogP contribution in [0.4, 0.5) is 22.7 Å². The SMILES string of the molecule is Cc1ccc([N+](=O)[O-])cc1N(CC(=O)Nc1cccc(NC(=O)c2ccc(C(C)(C)C)cc2)c1)S(C)(=O)=O. The quantitative estimate of drug-likeness (QED) is 0.310. The van der Waals surface area contributed by atoms with Gasteiger partial charge in [0.05, 0.1) is 16.9 Å². The van der Waals surface area contributed by atoms with E-state index in [0.29, 0.717) is 22.5 Å². The summed E-state index contributed by atoms with van der Waals surface area (Å²) in [4.78, 5) is 36.1. The van der Waals surface area contributed by atoms with E-state index in [1.807, 2.05) is 12.1 Å². The Hall–Kier alpha value is -4.25. The van der Waals surface area contributed by atoms with Gasteiger partial charge in [0.1, 0.15) is 6.54 Å². The molecule has 3 aromatic rings. The number of nitrogens with one attached hydrogen (secondary N) is 2. The fourth-order valence-corrected chi connectivity index (χ4v) is 4.60. The van der Waals surface area contributed by atoms with Crippen LogP contribution in [-0.4, -0.2) is 38.0 Å². The maximum Gasteiger partial charge on any atom is 0.271 e. The fourth-order valence-electron chi connectivity index (χ4n) is 3.69. The Morgan fingerprint density at radius 3 is 2.11 bits per heavy atom. The highest BCUT2D eigenvalue weighted by atomic mass is 32.2.